The fourth-order valence-electron chi connectivity index (χ4n) is 1.46. The summed E-state index contributed by atoms with van der Waals surface area (Å²) in [6.45, 7) is 3.04. The summed E-state index contributed by atoms with van der Waals surface area (Å²) < 4.78 is 24.8. The van der Waals surface area contributed by atoms with Gasteiger partial charge in [-0.25, -0.2) is 9.19 Å². The quantitative estimate of drug-likeness (QED) is 0.747. The number of hydrogen-bond acceptors (Lipinski definition) is 4. The third-order valence-electron chi connectivity index (χ3n) is 2.26. The Kier molecular flexibility index (Phi) is 3.30. The van der Waals surface area contributed by atoms with Crippen LogP contribution in [0.5, 0.6) is 0 Å². The second-order valence-electron chi connectivity index (χ2n) is 3.20. The van der Waals surface area contributed by atoms with E-state index in [0.29, 0.717) is 18.1 Å². The van der Waals surface area contributed by atoms with Crippen molar-refractivity contribution in [3.63, 3.8) is 0 Å². The molecule has 1 aliphatic heterocycles. The number of morpholine rings is 1. The zero-order valence-electron chi connectivity index (χ0n) is 8.13. The van der Waals surface area contributed by atoms with Crippen molar-refractivity contribution < 1.29 is 13.5 Å². The molecule has 2 rings (SSSR count). The van der Waals surface area contributed by atoms with Crippen LogP contribution in [0.1, 0.15) is 0 Å². The second kappa shape index (κ2) is 4.69. The van der Waals surface area contributed by atoms with Crippen molar-refractivity contribution >= 4 is 16.9 Å². The van der Waals surface area contributed by atoms with Gasteiger partial charge >= 0.3 is 0 Å². The molecule has 1 atom stereocenters. The van der Waals surface area contributed by atoms with E-state index in [1.165, 1.54) is 6.20 Å². The largest absolute Gasteiger partial charge is 0.378 e. The van der Waals surface area contributed by atoms with Gasteiger partial charge in [-0.3, -0.25) is 0 Å². The molecule has 15 heavy (non-hydrogen) atoms. The molecule has 0 amide bonds. The van der Waals surface area contributed by atoms with Crippen LogP contribution >= 0.6 is 0 Å². The molecule has 0 aliphatic carbocycles. The van der Waals surface area contributed by atoms with Gasteiger partial charge in [-0.2, -0.15) is 0 Å². The van der Waals surface area contributed by atoms with Gasteiger partial charge in [0.25, 0.3) is 0 Å². The van der Waals surface area contributed by atoms with Crippen molar-refractivity contribution in [3.05, 3.63) is 18.3 Å². The zero-order chi connectivity index (χ0) is 10.7. The summed E-state index contributed by atoms with van der Waals surface area (Å²) in [7, 11) is 0. The summed E-state index contributed by atoms with van der Waals surface area (Å²) in [5.74, 6) is 0.826. The van der Waals surface area contributed by atoms with Crippen LogP contribution in [0, 0.1) is 0 Å². The Hall–Kier alpha value is -0.980. The van der Waals surface area contributed by atoms with E-state index < -0.39 is 11.1 Å². The Balaban J connectivity index is 2.11. The number of anilines is 1. The molecule has 6 heteroatoms. The van der Waals surface area contributed by atoms with E-state index in [1.807, 2.05) is 0 Å². The van der Waals surface area contributed by atoms with Crippen LogP contribution in [0.15, 0.2) is 23.2 Å². The lowest BCUT2D eigenvalue weighted by Crippen LogP contribution is -2.36. The molecule has 1 N–H and O–H groups in total. The number of ether oxygens (including phenoxy) is 1. The molecule has 1 saturated heterocycles. The first kappa shape index (κ1) is 10.5. The molecule has 0 aromatic carbocycles. The van der Waals surface area contributed by atoms with Crippen molar-refractivity contribution in [2.75, 3.05) is 31.2 Å². The average Bonchev–Trinajstić information content (AvgIpc) is 2.30. The molecule has 0 saturated carbocycles. The Morgan fingerprint density at radius 3 is 2.67 bits per heavy atom. The lowest BCUT2D eigenvalue weighted by molar-refractivity contribution is 0.122. The molecule has 1 unspecified atom stereocenters. The third kappa shape index (κ3) is 2.53. The lowest BCUT2D eigenvalue weighted by Gasteiger charge is -2.27. The highest BCUT2D eigenvalue weighted by molar-refractivity contribution is 7.79. The van der Waals surface area contributed by atoms with Crippen LogP contribution < -0.4 is 4.90 Å². The van der Waals surface area contributed by atoms with Gasteiger partial charge < -0.3 is 14.2 Å². The molecule has 0 spiro atoms. The predicted octanol–water partition coefficient (Wildman–Crippen LogP) is 0.499. The van der Waals surface area contributed by atoms with Crippen LogP contribution in [0.25, 0.3) is 0 Å². The van der Waals surface area contributed by atoms with Gasteiger partial charge in [-0.1, -0.05) is 0 Å². The highest BCUT2D eigenvalue weighted by atomic mass is 32.2. The van der Waals surface area contributed by atoms with Gasteiger partial charge in [0.1, 0.15) is 5.82 Å². The van der Waals surface area contributed by atoms with Crippen molar-refractivity contribution in [2.45, 2.75) is 4.90 Å². The number of hydrogen-bond donors (Lipinski definition) is 1. The second-order valence-corrected chi connectivity index (χ2v) is 4.17. The average molecular weight is 228 g/mol. The van der Waals surface area contributed by atoms with Gasteiger partial charge in [0.15, 0.2) is 11.1 Å². The smallest absolute Gasteiger partial charge is 0.188 e. The maximum Gasteiger partial charge on any atom is 0.188 e. The Bertz CT molecular complexity index is 349. The fraction of sp³-hybridized carbons (Fsp3) is 0.444. The summed E-state index contributed by atoms with van der Waals surface area (Å²) in [6.07, 6.45) is 1.43. The van der Waals surface area contributed by atoms with Crippen molar-refractivity contribution in [2.24, 2.45) is 0 Å². The molecule has 2 heterocycles. The molecule has 1 fully saturated rings. The molecule has 0 bridgehead atoms. The van der Waals surface area contributed by atoms with E-state index in [0.717, 1.165) is 18.9 Å². The lowest BCUT2D eigenvalue weighted by atomic mass is 10.4. The number of rotatable bonds is 2. The number of pyridine rings is 1. The van der Waals surface area contributed by atoms with Gasteiger partial charge in [0.05, 0.1) is 18.1 Å². The Labute approximate surface area is 90.4 Å². The Morgan fingerprint density at radius 1 is 1.40 bits per heavy atom. The summed E-state index contributed by atoms with van der Waals surface area (Å²) in [5, 5.41) is 0. The van der Waals surface area contributed by atoms with E-state index in [9.17, 15) is 4.21 Å². The summed E-state index contributed by atoms with van der Waals surface area (Å²) in [4.78, 5) is 6.56. The summed E-state index contributed by atoms with van der Waals surface area (Å²) in [6, 6.07) is 3.38. The van der Waals surface area contributed by atoms with E-state index in [2.05, 4.69) is 9.88 Å². The Morgan fingerprint density at radius 2 is 2.13 bits per heavy atom. The summed E-state index contributed by atoms with van der Waals surface area (Å²) >= 11 is -1.95. The van der Waals surface area contributed by atoms with Gasteiger partial charge in [0, 0.05) is 19.3 Å². The number of nitrogens with zero attached hydrogens (tertiary/aromatic N) is 2. The van der Waals surface area contributed by atoms with E-state index in [4.69, 9.17) is 9.29 Å². The van der Waals surface area contributed by atoms with Gasteiger partial charge in [0.2, 0.25) is 0 Å². The van der Waals surface area contributed by atoms with Crippen molar-refractivity contribution in [1.29, 1.82) is 0 Å². The third-order valence-corrected chi connectivity index (χ3v) is 2.90. The monoisotopic (exact) mass is 228 g/mol. The zero-order valence-corrected chi connectivity index (χ0v) is 8.94. The van der Waals surface area contributed by atoms with E-state index in [1.54, 1.807) is 12.1 Å². The maximum atomic E-state index is 10.7. The van der Waals surface area contributed by atoms with E-state index in [-0.39, 0.29) is 0 Å². The first-order valence-electron chi connectivity index (χ1n) is 4.67. The van der Waals surface area contributed by atoms with Crippen LogP contribution in [-0.4, -0.2) is 40.0 Å². The highest BCUT2D eigenvalue weighted by Gasteiger charge is 2.12. The predicted molar refractivity (Wildman–Crippen MR) is 56.3 cm³/mol. The molecule has 0 radical (unpaired) electrons. The molecule has 82 valence electrons. The summed E-state index contributed by atoms with van der Waals surface area (Å²) in [5.41, 5.74) is 0. The normalized spacial score (nSPS) is 18.9. The first-order valence-corrected chi connectivity index (χ1v) is 5.77. The SMILES string of the molecule is O=S(O)c1ccc(N2CCOCC2)nc1. The molecular formula is C9H12N2O3S. The van der Waals surface area contributed by atoms with Crippen LogP contribution in [0.2, 0.25) is 0 Å². The van der Waals surface area contributed by atoms with Gasteiger partial charge in [-0.15, -0.1) is 0 Å². The van der Waals surface area contributed by atoms with E-state index >= 15 is 0 Å². The molecule has 1 aromatic rings. The minimum absolute atomic E-state index is 0.326. The van der Waals surface area contributed by atoms with Crippen molar-refractivity contribution in [1.82, 2.24) is 4.98 Å². The molecule has 5 nitrogen and oxygen atoms in total. The van der Waals surface area contributed by atoms with Gasteiger partial charge in [-0.05, 0) is 12.1 Å². The standard InChI is InChI=1S/C9H12N2O3S/c12-15(13)8-1-2-9(10-7-8)11-3-5-14-6-4-11/h1-2,7H,3-6H2,(H,12,13). The van der Waals surface area contributed by atoms with Crippen molar-refractivity contribution in [3.8, 4) is 0 Å². The first-order chi connectivity index (χ1) is 7.27. The molecule has 1 aromatic heterocycles. The van der Waals surface area contributed by atoms with Crippen LogP contribution in [0.3, 0.4) is 0 Å². The minimum Gasteiger partial charge on any atom is -0.378 e. The maximum absolute atomic E-state index is 10.7. The topological polar surface area (TPSA) is 62.7 Å². The van der Waals surface area contributed by atoms with Crippen LogP contribution in [-0.2, 0) is 15.8 Å². The number of aromatic nitrogens is 1. The van der Waals surface area contributed by atoms with Crippen LogP contribution in [0.4, 0.5) is 5.82 Å². The fourth-order valence-corrected chi connectivity index (χ4v) is 1.78. The minimum atomic E-state index is -1.95. The highest BCUT2D eigenvalue weighted by Crippen LogP contribution is 2.13. The molecular weight excluding hydrogens is 216 g/mol. The molecule has 1 aliphatic rings.